The molecule has 0 bridgehead atoms. The van der Waals surface area contributed by atoms with Gasteiger partial charge in [-0.2, -0.15) is 0 Å². The van der Waals surface area contributed by atoms with Crippen LogP contribution in [0.4, 0.5) is 0 Å². The minimum absolute atomic E-state index is 0.303. The number of nitrogens with one attached hydrogen (secondary N) is 1. The van der Waals surface area contributed by atoms with Gasteiger partial charge in [-0.25, -0.2) is 0 Å². The second-order valence-corrected chi connectivity index (χ2v) is 6.60. The molecule has 1 heterocycles. The third-order valence-corrected chi connectivity index (χ3v) is 4.64. The number of morpholine rings is 1. The van der Waals surface area contributed by atoms with E-state index in [1.54, 1.807) is 53.4 Å². The Morgan fingerprint density at radius 1 is 1.03 bits per heavy atom. The number of esters is 1. The van der Waals surface area contributed by atoms with Crippen LogP contribution in [-0.4, -0.2) is 62.6 Å². The fourth-order valence-electron chi connectivity index (χ4n) is 3.09. The topological polar surface area (TPSA) is 94.2 Å². The molecule has 0 aliphatic carbocycles. The Hall–Kier alpha value is -3.39. The average Bonchev–Trinajstić information content (AvgIpc) is 2.81. The van der Waals surface area contributed by atoms with Gasteiger partial charge in [-0.1, -0.05) is 42.5 Å². The van der Waals surface area contributed by atoms with Crippen LogP contribution in [0.1, 0.15) is 22.0 Å². The lowest BCUT2D eigenvalue weighted by Gasteiger charge is -2.30. The van der Waals surface area contributed by atoms with Crippen LogP contribution in [0.5, 0.6) is 5.75 Å². The molecule has 1 saturated heterocycles. The van der Waals surface area contributed by atoms with Crippen LogP contribution < -0.4 is 10.1 Å². The van der Waals surface area contributed by atoms with Crippen molar-refractivity contribution in [2.45, 2.75) is 6.10 Å². The standard InChI is InChI=1S/C22H24N2O6/c1-28-18-10-6-5-9-17(18)21(26)23-15-19(25)30-20(16-7-3-2-4-8-16)22(27)24-11-13-29-14-12-24/h2-10,20H,11-15H2,1H3,(H,23,26)/t20-/m1/s1. The molecule has 158 valence electrons. The molecule has 8 nitrogen and oxygen atoms in total. The van der Waals surface area contributed by atoms with Crippen LogP contribution in [-0.2, 0) is 19.1 Å². The molecule has 3 rings (SSSR count). The Labute approximate surface area is 174 Å². The van der Waals surface area contributed by atoms with Gasteiger partial charge in [-0.05, 0) is 12.1 Å². The lowest BCUT2D eigenvalue weighted by Crippen LogP contribution is -2.44. The molecule has 0 saturated carbocycles. The Morgan fingerprint density at radius 3 is 2.40 bits per heavy atom. The number of hydrogen-bond donors (Lipinski definition) is 1. The quantitative estimate of drug-likeness (QED) is 0.694. The molecule has 0 spiro atoms. The van der Waals surface area contributed by atoms with Crippen molar-refractivity contribution < 1.29 is 28.6 Å². The minimum atomic E-state index is -1.08. The van der Waals surface area contributed by atoms with Crippen LogP contribution in [0.3, 0.4) is 0 Å². The zero-order chi connectivity index (χ0) is 21.3. The number of carbonyl (C=O) groups excluding carboxylic acids is 3. The summed E-state index contributed by atoms with van der Waals surface area (Å²) >= 11 is 0. The molecule has 2 amide bonds. The third kappa shape index (κ3) is 5.36. The predicted octanol–water partition coefficient (Wildman–Crippen LogP) is 1.57. The molecule has 1 aliphatic heterocycles. The van der Waals surface area contributed by atoms with Crippen molar-refractivity contribution in [1.29, 1.82) is 0 Å². The Morgan fingerprint density at radius 2 is 1.70 bits per heavy atom. The first kappa shape index (κ1) is 21.3. The van der Waals surface area contributed by atoms with E-state index in [4.69, 9.17) is 14.2 Å². The van der Waals surface area contributed by atoms with E-state index in [1.165, 1.54) is 7.11 Å². The van der Waals surface area contributed by atoms with Crippen molar-refractivity contribution in [3.63, 3.8) is 0 Å². The molecule has 0 unspecified atom stereocenters. The molecule has 8 heteroatoms. The number of benzene rings is 2. The van der Waals surface area contributed by atoms with Gasteiger partial charge in [-0.3, -0.25) is 14.4 Å². The highest BCUT2D eigenvalue weighted by Gasteiger charge is 2.30. The van der Waals surface area contributed by atoms with Gasteiger partial charge < -0.3 is 24.4 Å². The highest BCUT2D eigenvalue weighted by Crippen LogP contribution is 2.21. The largest absolute Gasteiger partial charge is 0.496 e. The molecule has 1 fully saturated rings. The van der Waals surface area contributed by atoms with Gasteiger partial charge in [0.2, 0.25) is 6.10 Å². The second kappa shape index (κ2) is 10.4. The van der Waals surface area contributed by atoms with Crippen molar-refractivity contribution in [2.24, 2.45) is 0 Å². The summed E-state index contributed by atoms with van der Waals surface area (Å²) in [5, 5.41) is 2.51. The third-order valence-electron chi connectivity index (χ3n) is 4.64. The van der Waals surface area contributed by atoms with E-state index in [0.29, 0.717) is 43.2 Å². The van der Waals surface area contributed by atoms with E-state index in [1.807, 2.05) is 6.07 Å². The van der Waals surface area contributed by atoms with Gasteiger partial charge in [0.05, 0.1) is 25.9 Å². The van der Waals surface area contributed by atoms with Crippen molar-refractivity contribution in [3.8, 4) is 5.75 Å². The molecule has 2 aromatic rings. The van der Waals surface area contributed by atoms with Crippen molar-refractivity contribution in [3.05, 3.63) is 65.7 Å². The molecular weight excluding hydrogens is 388 g/mol. The fourth-order valence-corrected chi connectivity index (χ4v) is 3.09. The van der Waals surface area contributed by atoms with Crippen LogP contribution in [0.25, 0.3) is 0 Å². The molecule has 1 N–H and O–H groups in total. The monoisotopic (exact) mass is 412 g/mol. The number of para-hydroxylation sites is 1. The summed E-state index contributed by atoms with van der Waals surface area (Å²) in [5.74, 6) is -1.10. The smallest absolute Gasteiger partial charge is 0.326 e. The summed E-state index contributed by atoms with van der Waals surface area (Å²) in [6.07, 6.45) is -1.08. The Kier molecular flexibility index (Phi) is 7.40. The first-order valence-corrected chi connectivity index (χ1v) is 9.62. The summed E-state index contributed by atoms with van der Waals surface area (Å²) in [6.45, 7) is 1.37. The van der Waals surface area contributed by atoms with E-state index >= 15 is 0 Å². The maximum absolute atomic E-state index is 13.0. The van der Waals surface area contributed by atoms with Gasteiger partial charge in [-0.15, -0.1) is 0 Å². The van der Waals surface area contributed by atoms with Gasteiger partial charge in [0, 0.05) is 18.7 Å². The van der Waals surface area contributed by atoms with E-state index in [0.717, 1.165) is 0 Å². The van der Waals surface area contributed by atoms with E-state index < -0.39 is 18.0 Å². The summed E-state index contributed by atoms with van der Waals surface area (Å²) in [6, 6.07) is 15.5. The highest BCUT2D eigenvalue weighted by atomic mass is 16.5. The number of hydrogen-bond acceptors (Lipinski definition) is 6. The van der Waals surface area contributed by atoms with Gasteiger partial charge >= 0.3 is 5.97 Å². The first-order chi connectivity index (χ1) is 14.6. The number of amides is 2. The Bertz CT molecular complexity index is 880. The minimum Gasteiger partial charge on any atom is -0.496 e. The van der Waals surface area contributed by atoms with E-state index in [9.17, 15) is 14.4 Å². The summed E-state index contributed by atoms with van der Waals surface area (Å²) in [5.41, 5.74) is 0.871. The first-order valence-electron chi connectivity index (χ1n) is 9.62. The highest BCUT2D eigenvalue weighted by molar-refractivity contribution is 5.98. The van der Waals surface area contributed by atoms with Crippen LogP contribution in [0.15, 0.2) is 54.6 Å². The van der Waals surface area contributed by atoms with Gasteiger partial charge in [0.15, 0.2) is 0 Å². The van der Waals surface area contributed by atoms with Crippen LogP contribution >= 0.6 is 0 Å². The molecule has 1 aliphatic rings. The Balaban J connectivity index is 1.66. The number of nitrogens with zero attached hydrogens (tertiary/aromatic N) is 1. The normalized spacial score (nSPS) is 14.5. The summed E-state index contributed by atoms with van der Waals surface area (Å²) in [4.78, 5) is 39.4. The maximum Gasteiger partial charge on any atom is 0.326 e. The number of carbonyl (C=O) groups is 3. The zero-order valence-corrected chi connectivity index (χ0v) is 16.7. The summed E-state index contributed by atoms with van der Waals surface area (Å²) in [7, 11) is 1.46. The lowest BCUT2D eigenvalue weighted by atomic mass is 10.1. The van der Waals surface area contributed by atoms with Gasteiger partial charge in [0.1, 0.15) is 12.3 Å². The molecule has 0 radical (unpaired) electrons. The second-order valence-electron chi connectivity index (χ2n) is 6.60. The molecule has 0 aromatic heterocycles. The van der Waals surface area contributed by atoms with E-state index in [2.05, 4.69) is 5.32 Å². The predicted molar refractivity (Wildman–Crippen MR) is 108 cm³/mol. The van der Waals surface area contributed by atoms with Crippen LogP contribution in [0.2, 0.25) is 0 Å². The van der Waals surface area contributed by atoms with Crippen molar-refractivity contribution >= 4 is 17.8 Å². The maximum atomic E-state index is 13.0. The van der Waals surface area contributed by atoms with Crippen molar-refractivity contribution in [1.82, 2.24) is 10.2 Å². The van der Waals surface area contributed by atoms with Gasteiger partial charge in [0.25, 0.3) is 11.8 Å². The average molecular weight is 412 g/mol. The SMILES string of the molecule is COc1ccccc1C(=O)NCC(=O)O[C@@H](C(=O)N1CCOCC1)c1ccccc1. The summed E-state index contributed by atoms with van der Waals surface area (Å²) < 4.78 is 15.9. The molecule has 30 heavy (non-hydrogen) atoms. The number of ether oxygens (including phenoxy) is 3. The lowest BCUT2D eigenvalue weighted by molar-refractivity contribution is -0.162. The number of methoxy groups -OCH3 is 1. The van der Waals surface area contributed by atoms with Crippen LogP contribution in [0, 0.1) is 0 Å². The van der Waals surface area contributed by atoms with Crippen molar-refractivity contribution in [2.75, 3.05) is 40.0 Å². The number of rotatable bonds is 7. The fraction of sp³-hybridized carbons (Fsp3) is 0.318. The molecular formula is C22H24N2O6. The van der Waals surface area contributed by atoms with E-state index in [-0.39, 0.29) is 12.5 Å². The molecule has 2 aromatic carbocycles. The zero-order valence-electron chi connectivity index (χ0n) is 16.7. The molecule has 1 atom stereocenters.